The number of anilines is 2. The van der Waals surface area contributed by atoms with Gasteiger partial charge >= 0.3 is 0 Å². The number of ether oxygens (including phenoxy) is 1. The Morgan fingerprint density at radius 1 is 1.32 bits per heavy atom. The van der Waals surface area contributed by atoms with Gasteiger partial charge < -0.3 is 15.4 Å². The van der Waals surface area contributed by atoms with Gasteiger partial charge in [-0.2, -0.15) is 0 Å². The van der Waals surface area contributed by atoms with Crippen LogP contribution in [0.4, 0.5) is 11.5 Å². The molecule has 22 heavy (non-hydrogen) atoms. The zero-order valence-corrected chi connectivity index (χ0v) is 13.4. The van der Waals surface area contributed by atoms with Crippen LogP contribution in [0.5, 0.6) is 5.75 Å². The minimum atomic E-state index is -0.451. The molecule has 116 valence electrons. The number of aryl methyl sites for hydroxylation is 1. The van der Waals surface area contributed by atoms with Crippen molar-refractivity contribution in [3.05, 3.63) is 47.1 Å². The summed E-state index contributed by atoms with van der Waals surface area (Å²) >= 11 is 5.76. The Kier molecular flexibility index (Phi) is 5.22. The first-order valence-electron chi connectivity index (χ1n) is 6.83. The second-order valence-electron chi connectivity index (χ2n) is 4.92. The molecule has 1 heterocycles. The zero-order chi connectivity index (χ0) is 16.1. The van der Waals surface area contributed by atoms with Gasteiger partial charge in [0.15, 0.2) is 0 Å². The normalized spacial score (nSPS) is 11.6. The van der Waals surface area contributed by atoms with E-state index < -0.39 is 6.04 Å². The summed E-state index contributed by atoms with van der Waals surface area (Å²) in [6.45, 7) is 3.75. The number of rotatable bonds is 5. The third-order valence-electron chi connectivity index (χ3n) is 3.10. The lowest BCUT2D eigenvalue weighted by molar-refractivity contribution is -0.116. The summed E-state index contributed by atoms with van der Waals surface area (Å²) in [6, 6.07) is 8.62. The van der Waals surface area contributed by atoms with E-state index in [0.717, 1.165) is 11.3 Å². The van der Waals surface area contributed by atoms with Crippen molar-refractivity contribution in [1.29, 1.82) is 0 Å². The van der Waals surface area contributed by atoms with Gasteiger partial charge in [0.2, 0.25) is 5.91 Å². The number of nitrogens with one attached hydrogen (secondary N) is 2. The number of aromatic nitrogens is 1. The molecule has 0 bridgehead atoms. The predicted octanol–water partition coefficient (Wildman–Crippen LogP) is 3.49. The van der Waals surface area contributed by atoms with Crippen molar-refractivity contribution in [3.63, 3.8) is 0 Å². The van der Waals surface area contributed by atoms with Crippen LogP contribution < -0.4 is 15.4 Å². The molecule has 2 rings (SSSR count). The number of hydrogen-bond donors (Lipinski definition) is 2. The van der Waals surface area contributed by atoms with E-state index in [2.05, 4.69) is 15.6 Å². The van der Waals surface area contributed by atoms with Crippen LogP contribution in [0.1, 0.15) is 12.5 Å². The van der Waals surface area contributed by atoms with E-state index in [0.29, 0.717) is 16.6 Å². The second-order valence-corrected chi connectivity index (χ2v) is 5.36. The van der Waals surface area contributed by atoms with Gasteiger partial charge in [-0.25, -0.2) is 4.98 Å². The van der Waals surface area contributed by atoms with Gasteiger partial charge in [0.25, 0.3) is 0 Å². The zero-order valence-electron chi connectivity index (χ0n) is 12.7. The molecule has 2 aromatic rings. The molecule has 0 spiro atoms. The molecular weight excluding hydrogens is 302 g/mol. The Bertz CT molecular complexity index is 659. The van der Waals surface area contributed by atoms with Gasteiger partial charge in [-0.05, 0) is 43.7 Å². The van der Waals surface area contributed by atoms with Crippen LogP contribution in [0.3, 0.4) is 0 Å². The molecule has 1 aromatic heterocycles. The van der Waals surface area contributed by atoms with Gasteiger partial charge in [0, 0.05) is 6.20 Å². The molecule has 1 aromatic carbocycles. The quantitative estimate of drug-likeness (QED) is 0.885. The maximum absolute atomic E-state index is 12.2. The smallest absolute Gasteiger partial charge is 0.247 e. The number of methoxy groups -OCH3 is 1. The Labute approximate surface area is 134 Å². The van der Waals surface area contributed by atoms with Crippen molar-refractivity contribution in [3.8, 4) is 5.75 Å². The molecule has 0 aliphatic carbocycles. The van der Waals surface area contributed by atoms with Crippen LogP contribution in [0.25, 0.3) is 0 Å². The maximum atomic E-state index is 12.2. The number of carbonyl (C=O) groups is 1. The fourth-order valence-electron chi connectivity index (χ4n) is 1.92. The average Bonchev–Trinajstić information content (AvgIpc) is 2.49. The first-order chi connectivity index (χ1) is 10.5. The first-order valence-corrected chi connectivity index (χ1v) is 7.21. The highest BCUT2D eigenvalue weighted by atomic mass is 35.5. The molecule has 1 atom stereocenters. The summed E-state index contributed by atoms with van der Waals surface area (Å²) in [5.41, 5.74) is 1.85. The van der Waals surface area contributed by atoms with Crippen molar-refractivity contribution in [2.75, 3.05) is 17.7 Å². The van der Waals surface area contributed by atoms with Gasteiger partial charge in [-0.1, -0.05) is 17.7 Å². The lowest BCUT2D eigenvalue weighted by atomic mass is 10.2. The summed E-state index contributed by atoms with van der Waals surface area (Å²) in [4.78, 5) is 16.2. The summed E-state index contributed by atoms with van der Waals surface area (Å²) in [7, 11) is 1.60. The summed E-state index contributed by atoms with van der Waals surface area (Å²) < 4.78 is 5.29. The van der Waals surface area contributed by atoms with Crippen molar-refractivity contribution in [2.45, 2.75) is 19.9 Å². The minimum absolute atomic E-state index is 0.196. The first kappa shape index (κ1) is 16.1. The highest BCUT2D eigenvalue weighted by Crippen LogP contribution is 2.26. The molecule has 1 unspecified atom stereocenters. The Balaban J connectivity index is 2.05. The van der Waals surface area contributed by atoms with Gasteiger partial charge in [-0.15, -0.1) is 0 Å². The van der Waals surface area contributed by atoms with E-state index in [1.807, 2.05) is 25.1 Å². The SMILES string of the molecule is COc1ccc(C)cc1NC(C)C(=O)Nc1ccc(Cl)cn1. The fourth-order valence-corrected chi connectivity index (χ4v) is 2.03. The number of halogens is 1. The highest BCUT2D eigenvalue weighted by molar-refractivity contribution is 6.30. The van der Waals surface area contributed by atoms with E-state index in [-0.39, 0.29) is 5.91 Å². The molecule has 0 saturated heterocycles. The van der Waals surface area contributed by atoms with Crippen LogP contribution in [-0.2, 0) is 4.79 Å². The van der Waals surface area contributed by atoms with Gasteiger partial charge in [-0.3, -0.25) is 4.79 Å². The largest absolute Gasteiger partial charge is 0.495 e. The lowest BCUT2D eigenvalue weighted by Gasteiger charge is -2.17. The standard InChI is InChI=1S/C16H18ClN3O2/c1-10-4-6-14(22-3)13(8-10)19-11(2)16(21)20-15-7-5-12(17)9-18-15/h4-9,11,19H,1-3H3,(H,18,20,21). The van der Waals surface area contributed by atoms with Crippen LogP contribution in [0, 0.1) is 6.92 Å². The third kappa shape index (κ3) is 4.11. The Morgan fingerprint density at radius 2 is 2.09 bits per heavy atom. The molecule has 0 fully saturated rings. The monoisotopic (exact) mass is 319 g/mol. The van der Waals surface area contributed by atoms with Crippen LogP contribution >= 0.6 is 11.6 Å². The van der Waals surface area contributed by atoms with Crippen LogP contribution in [-0.4, -0.2) is 24.0 Å². The van der Waals surface area contributed by atoms with E-state index in [1.54, 1.807) is 26.2 Å². The molecule has 0 radical (unpaired) electrons. The Morgan fingerprint density at radius 3 is 2.73 bits per heavy atom. The van der Waals surface area contributed by atoms with E-state index in [4.69, 9.17) is 16.3 Å². The van der Waals surface area contributed by atoms with Crippen molar-refractivity contribution in [2.24, 2.45) is 0 Å². The number of carbonyl (C=O) groups excluding carboxylic acids is 1. The fraction of sp³-hybridized carbons (Fsp3) is 0.250. The number of benzene rings is 1. The van der Waals surface area contributed by atoms with E-state index >= 15 is 0 Å². The average molecular weight is 320 g/mol. The van der Waals surface area contributed by atoms with Crippen LogP contribution in [0.15, 0.2) is 36.5 Å². The van der Waals surface area contributed by atoms with Gasteiger partial charge in [0.1, 0.15) is 17.6 Å². The molecule has 0 aliphatic heterocycles. The van der Waals surface area contributed by atoms with Crippen molar-refractivity contribution >= 4 is 29.0 Å². The minimum Gasteiger partial charge on any atom is -0.495 e. The molecule has 6 heteroatoms. The Hall–Kier alpha value is -2.27. The summed E-state index contributed by atoms with van der Waals surface area (Å²) in [5.74, 6) is 0.951. The number of amides is 1. The van der Waals surface area contributed by atoms with E-state index in [1.165, 1.54) is 6.20 Å². The predicted molar refractivity (Wildman–Crippen MR) is 88.7 cm³/mol. The lowest BCUT2D eigenvalue weighted by Crippen LogP contribution is -2.32. The topological polar surface area (TPSA) is 63.2 Å². The number of hydrogen-bond acceptors (Lipinski definition) is 4. The molecule has 0 saturated carbocycles. The van der Waals surface area contributed by atoms with Crippen LogP contribution in [0.2, 0.25) is 5.02 Å². The third-order valence-corrected chi connectivity index (χ3v) is 3.32. The molecule has 5 nitrogen and oxygen atoms in total. The molecular formula is C16H18ClN3O2. The van der Waals surface area contributed by atoms with Crippen molar-refractivity contribution < 1.29 is 9.53 Å². The number of nitrogens with zero attached hydrogens (tertiary/aromatic N) is 1. The second kappa shape index (κ2) is 7.13. The van der Waals surface area contributed by atoms with Crippen molar-refractivity contribution in [1.82, 2.24) is 4.98 Å². The molecule has 2 N–H and O–H groups in total. The van der Waals surface area contributed by atoms with E-state index in [9.17, 15) is 4.79 Å². The summed E-state index contributed by atoms with van der Waals surface area (Å²) in [6.07, 6.45) is 1.48. The summed E-state index contributed by atoms with van der Waals surface area (Å²) in [5, 5.41) is 6.39. The molecule has 1 amide bonds. The highest BCUT2D eigenvalue weighted by Gasteiger charge is 2.15. The number of pyridine rings is 1. The maximum Gasteiger partial charge on any atom is 0.247 e. The molecule has 0 aliphatic rings. The van der Waals surface area contributed by atoms with Gasteiger partial charge in [0.05, 0.1) is 17.8 Å².